The van der Waals surface area contributed by atoms with Crippen molar-refractivity contribution < 1.29 is 17.9 Å². The van der Waals surface area contributed by atoms with Crippen molar-refractivity contribution in [1.29, 1.82) is 0 Å². The Morgan fingerprint density at radius 2 is 1.74 bits per heavy atom. The van der Waals surface area contributed by atoms with Crippen molar-refractivity contribution in [2.24, 2.45) is 0 Å². The second-order valence-corrected chi connectivity index (χ2v) is 9.85. The highest BCUT2D eigenvalue weighted by molar-refractivity contribution is 7.89. The summed E-state index contributed by atoms with van der Waals surface area (Å²) in [6, 6.07) is 14.7. The molecule has 2 aromatic rings. The molecule has 1 aliphatic carbocycles. The van der Waals surface area contributed by atoms with Crippen LogP contribution in [0.25, 0.3) is 0 Å². The van der Waals surface area contributed by atoms with Crippen LogP contribution in [0.15, 0.2) is 53.4 Å². The lowest BCUT2D eigenvalue weighted by Gasteiger charge is -2.27. The Kier molecular flexibility index (Phi) is 7.02. The molecule has 4 rings (SSSR count). The number of amides is 1. The normalized spacial score (nSPS) is 17.4. The van der Waals surface area contributed by atoms with Crippen LogP contribution >= 0.6 is 0 Å². The lowest BCUT2D eigenvalue weighted by Crippen LogP contribution is -2.35. The number of carbonyl (C=O) groups excluding carboxylic acids is 1. The number of hydrogen-bond acceptors (Lipinski definition) is 5. The third kappa shape index (κ3) is 6.36. The maximum absolute atomic E-state index is 12.5. The van der Waals surface area contributed by atoms with Crippen molar-refractivity contribution in [1.82, 2.24) is 9.62 Å². The maximum atomic E-state index is 12.5. The summed E-state index contributed by atoms with van der Waals surface area (Å²) >= 11 is 0. The van der Waals surface area contributed by atoms with E-state index in [1.807, 2.05) is 24.3 Å². The van der Waals surface area contributed by atoms with E-state index in [2.05, 4.69) is 14.9 Å². The van der Waals surface area contributed by atoms with Crippen LogP contribution in [0.4, 0.5) is 5.69 Å². The van der Waals surface area contributed by atoms with E-state index in [1.54, 1.807) is 24.3 Å². The Morgan fingerprint density at radius 3 is 2.45 bits per heavy atom. The van der Waals surface area contributed by atoms with Crippen LogP contribution in [0.3, 0.4) is 0 Å². The SMILES string of the molecule is O=C(CCc1ccc(S(=O)(=O)NC2CC2)cc1)Nc1ccccc1CN1CCOCC1. The summed E-state index contributed by atoms with van der Waals surface area (Å²) in [5.74, 6) is -0.0541. The van der Waals surface area contributed by atoms with Gasteiger partial charge in [0, 0.05) is 37.8 Å². The Balaban J connectivity index is 1.30. The zero-order valence-corrected chi connectivity index (χ0v) is 18.4. The van der Waals surface area contributed by atoms with E-state index in [4.69, 9.17) is 4.74 Å². The average molecular weight is 444 g/mol. The van der Waals surface area contributed by atoms with Gasteiger partial charge in [-0.25, -0.2) is 13.1 Å². The van der Waals surface area contributed by atoms with Crippen LogP contribution in [0.5, 0.6) is 0 Å². The first kappa shape index (κ1) is 22.0. The largest absolute Gasteiger partial charge is 0.379 e. The number of anilines is 1. The smallest absolute Gasteiger partial charge is 0.240 e. The van der Waals surface area contributed by atoms with Gasteiger partial charge in [-0.05, 0) is 48.6 Å². The van der Waals surface area contributed by atoms with E-state index in [0.29, 0.717) is 12.8 Å². The number of nitrogens with one attached hydrogen (secondary N) is 2. The standard InChI is InChI=1S/C23H29N3O4S/c27-23(24-22-4-2-1-3-19(22)17-26-13-15-30-16-14-26)12-7-18-5-10-21(11-6-18)31(28,29)25-20-8-9-20/h1-6,10-11,20,25H,7-9,12-17H2,(H,24,27). The molecule has 0 bridgehead atoms. The van der Waals surface area contributed by atoms with Gasteiger partial charge in [0.15, 0.2) is 0 Å². The summed E-state index contributed by atoms with van der Waals surface area (Å²) in [6.45, 7) is 4.05. The summed E-state index contributed by atoms with van der Waals surface area (Å²) in [5, 5.41) is 3.03. The van der Waals surface area contributed by atoms with E-state index in [-0.39, 0.29) is 16.8 Å². The number of morpholine rings is 1. The molecule has 0 unspecified atom stereocenters. The predicted molar refractivity (Wildman–Crippen MR) is 119 cm³/mol. The monoisotopic (exact) mass is 443 g/mol. The Hall–Kier alpha value is -2.26. The molecule has 0 atom stereocenters. The Morgan fingerprint density at radius 1 is 1.03 bits per heavy atom. The number of ether oxygens (including phenoxy) is 1. The Labute approximate surface area is 183 Å². The number of hydrogen-bond donors (Lipinski definition) is 2. The fraction of sp³-hybridized carbons (Fsp3) is 0.435. The lowest BCUT2D eigenvalue weighted by molar-refractivity contribution is -0.116. The van der Waals surface area contributed by atoms with Gasteiger partial charge in [-0.15, -0.1) is 0 Å². The van der Waals surface area contributed by atoms with Crippen molar-refractivity contribution in [3.8, 4) is 0 Å². The minimum atomic E-state index is -3.44. The van der Waals surface area contributed by atoms with Gasteiger partial charge in [0.25, 0.3) is 0 Å². The van der Waals surface area contributed by atoms with Crippen LogP contribution in [-0.4, -0.2) is 51.6 Å². The minimum absolute atomic E-state index is 0.0541. The van der Waals surface area contributed by atoms with E-state index in [0.717, 1.165) is 62.5 Å². The number of rotatable bonds is 9. The summed E-state index contributed by atoms with van der Waals surface area (Å²) in [4.78, 5) is 15.1. The quantitative estimate of drug-likeness (QED) is 0.622. The highest BCUT2D eigenvalue weighted by atomic mass is 32.2. The molecule has 0 radical (unpaired) electrons. The van der Waals surface area contributed by atoms with Crippen LogP contribution in [0, 0.1) is 0 Å². The van der Waals surface area contributed by atoms with Gasteiger partial charge in [0.05, 0.1) is 18.1 Å². The fourth-order valence-electron chi connectivity index (χ4n) is 3.57. The summed E-state index contributed by atoms with van der Waals surface area (Å²) < 4.78 is 32.6. The molecule has 1 heterocycles. The molecule has 31 heavy (non-hydrogen) atoms. The zero-order chi connectivity index (χ0) is 21.7. The van der Waals surface area contributed by atoms with Crippen LogP contribution in [-0.2, 0) is 32.5 Å². The first-order valence-corrected chi connectivity index (χ1v) is 12.3. The first-order valence-electron chi connectivity index (χ1n) is 10.8. The van der Waals surface area contributed by atoms with Gasteiger partial charge in [0.1, 0.15) is 0 Å². The molecule has 0 aromatic heterocycles. The zero-order valence-electron chi connectivity index (χ0n) is 17.5. The molecule has 8 heteroatoms. The molecule has 1 saturated heterocycles. The van der Waals surface area contributed by atoms with E-state index < -0.39 is 10.0 Å². The summed E-state index contributed by atoms with van der Waals surface area (Å²) in [5.41, 5.74) is 2.86. The van der Waals surface area contributed by atoms with Crippen molar-refractivity contribution in [3.63, 3.8) is 0 Å². The molecule has 166 valence electrons. The van der Waals surface area contributed by atoms with Gasteiger partial charge < -0.3 is 10.1 Å². The lowest BCUT2D eigenvalue weighted by atomic mass is 10.1. The van der Waals surface area contributed by atoms with Crippen LogP contribution in [0.1, 0.15) is 30.4 Å². The highest BCUT2D eigenvalue weighted by Crippen LogP contribution is 2.22. The van der Waals surface area contributed by atoms with Crippen molar-refractivity contribution >= 4 is 21.6 Å². The Bertz CT molecular complexity index is 998. The number of carbonyl (C=O) groups is 1. The van der Waals surface area contributed by atoms with Gasteiger partial charge in [-0.2, -0.15) is 0 Å². The second kappa shape index (κ2) is 9.91. The van der Waals surface area contributed by atoms with E-state index in [9.17, 15) is 13.2 Å². The van der Waals surface area contributed by atoms with Crippen LogP contribution in [0.2, 0.25) is 0 Å². The second-order valence-electron chi connectivity index (χ2n) is 8.13. The molecule has 7 nitrogen and oxygen atoms in total. The molecule has 1 amide bonds. The predicted octanol–water partition coefficient (Wildman–Crippen LogP) is 2.53. The number of sulfonamides is 1. The molecule has 0 spiro atoms. The van der Waals surface area contributed by atoms with Crippen LogP contribution < -0.4 is 10.0 Å². The van der Waals surface area contributed by atoms with Gasteiger partial charge in [-0.3, -0.25) is 9.69 Å². The molecule has 2 aliphatic rings. The first-order chi connectivity index (χ1) is 15.0. The van der Waals surface area contributed by atoms with E-state index >= 15 is 0 Å². The van der Waals surface area contributed by atoms with Gasteiger partial charge in [0.2, 0.25) is 15.9 Å². The molecule has 1 aliphatic heterocycles. The molecule has 2 N–H and O–H groups in total. The number of para-hydroxylation sites is 1. The maximum Gasteiger partial charge on any atom is 0.240 e. The van der Waals surface area contributed by atoms with Crippen molar-refractivity contribution in [2.75, 3.05) is 31.6 Å². The minimum Gasteiger partial charge on any atom is -0.379 e. The topological polar surface area (TPSA) is 87.7 Å². The van der Waals surface area contributed by atoms with E-state index in [1.165, 1.54) is 0 Å². The molecule has 2 fully saturated rings. The molecular weight excluding hydrogens is 414 g/mol. The van der Waals surface area contributed by atoms with Gasteiger partial charge >= 0.3 is 0 Å². The number of benzene rings is 2. The van der Waals surface area contributed by atoms with Crippen molar-refractivity contribution in [2.45, 2.75) is 43.2 Å². The third-order valence-corrected chi connectivity index (χ3v) is 7.10. The van der Waals surface area contributed by atoms with Crippen molar-refractivity contribution in [3.05, 3.63) is 59.7 Å². The molecule has 2 aromatic carbocycles. The fourth-order valence-corrected chi connectivity index (χ4v) is 4.88. The summed E-state index contributed by atoms with van der Waals surface area (Å²) in [7, 11) is -3.44. The third-order valence-electron chi connectivity index (χ3n) is 5.56. The molecular formula is C23H29N3O4S. The molecule has 1 saturated carbocycles. The number of aryl methyl sites for hydroxylation is 1. The summed E-state index contributed by atoms with van der Waals surface area (Å²) in [6.07, 6.45) is 2.69. The highest BCUT2D eigenvalue weighted by Gasteiger charge is 2.27. The average Bonchev–Trinajstić information content (AvgIpc) is 3.58. The van der Waals surface area contributed by atoms with Gasteiger partial charge in [-0.1, -0.05) is 30.3 Å². The number of nitrogens with zero attached hydrogens (tertiary/aromatic N) is 1.